The molecular weight excluding hydrogens is 226 g/mol. The quantitative estimate of drug-likeness (QED) is 0.512. The molecule has 4 heteroatoms. The lowest BCUT2D eigenvalue weighted by Crippen LogP contribution is -2.36. The molecule has 0 aliphatic rings. The van der Waals surface area contributed by atoms with Crippen molar-refractivity contribution in [3.05, 3.63) is 18.2 Å². The van der Waals surface area contributed by atoms with Gasteiger partial charge in [0.2, 0.25) is 0 Å². The molecule has 0 aromatic carbocycles. The summed E-state index contributed by atoms with van der Waals surface area (Å²) in [5.74, 6) is 1.27. The van der Waals surface area contributed by atoms with Crippen LogP contribution in [0.1, 0.15) is 44.9 Å². The van der Waals surface area contributed by atoms with Crippen molar-refractivity contribution < 1.29 is 9.30 Å². The number of H-pyrrole nitrogens is 1. The third kappa shape index (κ3) is 5.83. The molecule has 18 heavy (non-hydrogen) atoms. The maximum Gasteiger partial charge on any atom is 0.254 e. The third-order valence-electron chi connectivity index (χ3n) is 2.95. The van der Waals surface area contributed by atoms with E-state index in [2.05, 4.69) is 21.8 Å². The number of unbranched alkanes of at least 4 members (excludes halogenated alkanes) is 3. The summed E-state index contributed by atoms with van der Waals surface area (Å²) >= 11 is 0. The summed E-state index contributed by atoms with van der Waals surface area (Å²) in [5, 5.41) is 8.49. The molecule has 1 heterocycles. The molecule has 0 aliphatic carbocycles. The molecule has 1 rings (SSSR count). The zero-order chi connectivity index (χ0) is 13.1. The molecular formula is C14H24N3O+. The standard InChI is InChI=1S/C14H23N3O/c1-2-18-13-7-6-11-17-12-10-16-14(17)8-4-3-5-9-15/h10,12H,2-8,11,13H2,1H3/p+1. The Morgan fingerprint density at radius 1 is 1.33 bits per heavy atom. The number of nitrogens with one attached hydrogen (secondary N) is 1. The van der Waals surface area contributed by atoms with Crippen LogP contribution in [-0.4, -0.2) is 18.2 Å². The molecule has 1 aromatic heterocycles. The molecule has 100 valence electrons. The number of hydrogen-bond acceptors (Lipinski definition) is 2. The van der Waals surface area contributed by atoms with Crippen LogP contribution in [0, 0.1) is 11.3 Å². The average Bonchev–Trinajstić information content (AvgIpc) is 2.82. The maximum absolute atomic E-state index is 8.49. The molecule has 0 unspecified atom stereocenters. The molecule has 1 aromatic rings. The third-order valence-corrected chi connectivity index (χ3v) is 2.95. The van der Waals surface area contributed by atoms with Gasteiger partial charge in [-0.2, -0.15) is 5.26 Å². The van der Waals surface area contributed by atoms with E-state index in [0.717, 1.165) is 51.9 Å². The highest BCUT2D eigenvalue weighted by molar-refractivity contribution is 4.78. The lowest BCUT2D eigenvalue weighted by molar-refractivity contribution is -0.703. The van der Waals surface area contributed by atoms with Crippen LogP contribution >= 0.6 is 0 Å². The lowest BCUT2D eigenvalue weighted by Gasteiger charge is -2.02. The number of aryl methyl sites for hydroxylation is 2. The number of hydrogen-bond donors (Lipinski definition) is 1. The van der Waals surface area contributed by atoms with Crippen molar-refractivity contribution in [3.8, 4) is 6.07 Å². The van der Waals surface area contributed by atoms with Crippen LogP contribution in [0.5, 0.6) is 0 Å². The molecule has 0 amide bonds. The second-order valence-electron chi connectivity index (χ2n) is 4.37. The van der Waals surface area contributed by atoms with Gasteiger partial charge in [-0.05, 0) is 32.6 Å². The number of aromatic nitrogens is 2. The van der Waals surface area contributed by atoms with Gasteiger partial charge >= 0.3 is 0 Å². The summed E-state index contributed by atoms with van der Waals surface area (Å²) in [6.45, 7) is 4.74. The summed E-state index contributed by atoms with van der Waals surface area (Å²) in [4.78, 5) is 3.28. The summed E-state index contributed by atoms with van der Waals surface area (Å²) in [7, 11) is 0. The van der Waals surface area contributed by atoms with Crippen LogP contribution in [0.3, 0.4) is 0 Å². The number of aromatic amines is 1. The Labute approximate surface area is 110 Å². The van der Waals surface area contributed by atoms with Gasteiger partial charge in [-0.1, -0.05) is 0 Å². The van der Waals surface area contributed by atoms with Gasteiger partial charge in [-0.3, -0.25) is 0 Å². The molecule has 4 nitrogen and oxygen atoms in total. The highest BCUT2D eigenvalue weighted by Gasteiger charge is 2.09. The smallest absolute Gasteiger partial charge is 0.254 e. The largest absolute Gasteiger partial charge is 0.382 e. The van der Waals surface area contributed by atoms with Gasteiger partial charge in [0.05, 0.1) is 12.6 Å². The first-order chi connectivity index (χ1) is 8.88. The molecule has 0 atom stereocenters. The lowest BCUT2D eigenvalue weighted by atomic mass is 10.2. The van der Waals surface area contributed by atoms with Gasteiger partial charge in [0, 0.05) is 26.1 Å². The predicted octanol–water partition coefficient (Wildman–Crippen LogP) is 2.36. The molecule has 0 fully saturated rings. The SMILES string of the molecule is CCOCCCC[n+]1cc[nH]c1CCCCC#N. The number of rotatable bonds is 10. The highest BCUT2D eigenvalue weighted by atomic mass is 16.5. The van der Waals surface area contributed by atoms with E-state index in [9.17, 15) is 0 Å². The first-order valence-electron chi connectivity index (χ1n) is 6.89. The van der Waals surface area contributed by atoms with Crippen molar-refractivity contribution in [1.29, 1.82) is 5.26 Å². The first kappa shape index (κ1) is 14.7. The Morgan fingerprint density at radius 3 is 3.00 bits per heavy atom. The van der Waals surface area contributed by atoms with Gasteiger partial charge < -0.3 is 4.74 Å². The zero-order valence-electron chi connectivity index (χ0n) is 11.3. The zero-order valence-corrected chi connectivity index (χ0v) is 11.3. The molecule has 0 aliphatic heterocycles. The fourth-order valence-corrected chi connectivity index (χ4v) is 1.95. The highest BCUT2D eigenvalue weighted by Crippen LogP contribution is 2.01. The molecule has 0 saturated carbocycles. The van der Waals surface area contributed by atoms with Crippen molar-refractivity contribution in [3.63, 3.8) is 0 Å². The van der Waals surface area contributed by atoms with Gasteiger partial charge in [-0.25, -0.2) is 9.55 Å². The minimum absolute atomic E-state index is 0.662. The number of imidazole rings is 1. The minimum atomic E-state index is 0.662. The molecule has 0 spiro atoms. The van der Waals surface area contributed by atoms with E-state index in [1.54, 1.807) is 0 Å². The van der Waals surface area contributed by atoms with E-state index in [1.165, 1.54) is 5.82 Å². The van der Waals surface area contributed by atoms with E-state index in [0.29, 0.717) is 6.42 Å². The van der Waals surface area contributed by atoms with Gasteiger partial charge in [0.1, 0.15) is 12.4 Å². The van der Waals surface area contributed by atoms with Crippen molar-refractivity contribution in [2.75, 3.05) is 13.2 Å². The Morgan fingerprint density at radius 2 is 2.22 bits per heavy atom. The van der Waals surface area contributed by atoms with Crippen molar-refractivity contribution >= 4 is 0 Å². The van der Waals surface area contributed by atoms with E-state index in [-0.39, 0.29) is 0 Å². The first-order valence-corrected chi connectivity index (χ1v) is 6.89. The van der Waals surface area contributed by atoms with Gasteiger partial charge in [0.25, 0.3) is 5.82 Å². The molecule has 1 N–H and O–H groups in total. The fraction of sp³-hybridized carbons (Fsp3) is 0.714. The number of ether oxygens (including phenoxy) is 1. The topological polar surface area (TPSA) is 52.7 Å². The molecule has 0 radical (unpaired) electrons. The normalized spacial score (nSPS) is 10.4. The fourth-order valence-electron chi connectivity index (χ4n) is 1.95. The van der Waals surface area contributed by atoms with Crippen LogP contribution in [0.25, 0.3) is 0 Å². The van der Waals surface area contributed by atoms with Crippen LogP contribution in [0.15, 0.2) is 12.4 Å². The second-order valence-corrected chi connectivity index (χ2v) is 4.37. The van der Waals surface area contributed by atoms with Crippen LogP contribution < -0.4 is 4.57 Å². The van der Waals surface area contributed by atoms with E-state index < -0.39 is 0 Å². The summed E-state index contributed by atoms with van der Waals surface area (Å²) in [5.41, 5.74) is 0. The Balaban J connectivity index is 2.20. The van der Waals surface area contributed by atoms with Crippen LogP contribution in [-0.2, 0) is 17.7 Å². The maximum atomic E-state index is 8.49. The van der Waals surface area contributed by atoms with E-state index in [1.807, 2.05) is 13.1 Å². The summed E-state index contributed by atoms with van der Waals surface area (Å²) in [6, 6.07) is 2.19. The summed E-state index contributed by atoms with van der Waals surface area (Å²) < 4.78 is 7.60. The Hall–Kier alpha value is -1.34. The van der Waals surface area contributed by atoms with Crippen molar-refractivity contribution in [2.24, 2.45) is 0 Å². The van der Waals surface area contributed by atoms with Crippen molar-refractivity contribution in [2.45, 2.75) is 52.0 Å². The Kier molecular flexibility index (Phi) is 7.90. The number of nitrogens with zero attached hydrogens (tertiary/aromatic N) is 2. The predicted molar refractivity (Wildman–Crippen MR) is 69.9 cm³/mol. The average molecular weight is 250 g/mol. The molecule has 0 saturated heterocycles. The van der Waals surface area contributed by atoms with Gasteiger partial charge in [-0.15, -0.1) is 0 Å². The minimum Gasteiger partial charge on any atom is -0.382 e. The van der Waals surface area contributed by atoms with Crippen LogP contribution in [0.2, 0.25) is 0 Å². The molecule has 0 bridgehead atoms. The van der Waals surface area contributed by atoms with E-state index >= 15 is 0 Å². The van der Waals surface area contributed by atoms with E-state index in [4.69, 9.17) is 10.00 Å². The summed E-state index contributed by atoms with van der Waals surface area (Å²) in [6.07, 6.45) is 10.1. The van der Waals surface area contributed by atoms with Gasteiger partial charge in [0.15, 0.2) is 0 Å². The monoisotopic (exact) mass is 250 g/mol. The van der Waals surface area contributed by atoms with Crippen molar-refractivity contribution in [1.82, 2.24) is 4.98 Å². The Bertz CT molecular complexity index is 354. The van der Waals surface area contributed by atoms with Crippen LogP contribution in [0.4, 0.5) is 0 Å². The number of nitriles is 1. The second kappa shape index (κ2) is 9.67.